The number of nitrogens with one attached hydrogen (secondary N) is 1. The zero-order chi connectivity index (χ0) is 29.0. The van der Waals surface area contributed by atoms with Gasteiger partial charge in [-0.2, -0.15) is 0 Å². The molecule has 0 aliphatic carbocycles. The van der Waals surface area contributed by atoms with Crippen LogP contribution in [0.4, 0.5) is 0 Å². The quantitative estimate of drug-likeness (QED) is 0.118. The first-order valence-electron chi connectivity index (χ1n) is 12.4. The van der Waals surface area contributed by atoms with Gasteiger partial charge in [0.1, 0.15) is 73.2 Å². The lowest BCUT2D eigenvalue weighted by Crippen LogP contribution is -2.69. The van der Waals surface area contributed by atoms with Crippen LogP contribution in [0.2, 0.25) is 0 Å². The maximum absolute atomic E-state index is 12.1. The Morgan fingerprint density at radius 2 is 1.18 bits per heavy atom. The van der Waals surface area contributed by atoms with E-state index in [-0.39, 0.29) is 0 Å². The Balaban J connectivity index is 1.93. The minimum atomic E-state index is -1.71. The number of methoxy groups -OCH3 is 2. The van der Waals surface area contributed by atoms with E-state index < -0.39 is 118 Å². The van der Waals surface area contributed by atoms with Gasteiger partial charge in [0.15, 0.2) is 18.9 Å². The third-order valence-corrected chi connectivity index (χ3v) is 6.99. The number of aliphatic hydroxyl groups excluding tert-OH is 8. The predicted octanol–water partition coefficient (Wildman–Crippen LogP) is -6.12. The summed E-state index contributed by atoms with van der Waals surface area (Å²) in [6.07, 6.45) is -20.2. The third kappa shape index (κ3) is 6.85. The van der Waals surface area contributed by atoms with E-state index in [1.807, 2.05) is 0 Å². The van der Waals surface area contributed by atoms with Crippen molar-refractivity contribution in [1.82, 2.24) is 5.32 Å². The summed E-state index contributed by atoms with van der Waals surface area (Å²) in [5.41, 5.74) is 0. The molecule has 17 nitrogen and oxygen atoms in total. The van der Waals surface area contributed by atoms with Crippen molar-refractivity contribution in [3.8, 4) is 0 Å². The van der Waals surface area contributed by atoms with Gasteiger partial charge in [0, 0.05) is 21.1 Å². The van der Waals surface area contributed by atoms with E-state index in [9.17, 15) is 45.6 Å². The second-order valence-electron chi connectivity index (χ2n) is 9.49. The van der Waals surface area contributed by atoms with Crippen molar-refractivity contribution in [3.63, 3.8) is 0 Å². The van der Waals surface area contributed by atoms with Crippen molar-refractivity contribution < 1.29 is 78.8 Å². The lowest BCUT2D eigenvalue weighted by molar-refractivity contribution is -0.365. The number of hydrogen-bond acceptors (Lipinski definition) is 16. The Kier molecular flexibility index (Phi) is 11.8. The highest BCUT2D eigenvalue weighted by atomic mass is 16.7. The third-order valence-electron chi connectivity index (χ3n) is 6.99. The molecule has 9 N–H and O–H groups in total. The molecule has 3 heterocycles. The highest BCUT2D eigenvalue weighted by Gasteiger charge is 2.54. The zero-order valence-electron chi connectivity index (χ0n) is 21.6. The molecule has 3 aliphatic heterocycles. The van der Waals surface area contributed by atoms with E-state index in [1.54, 1.807) is 0 Å². The lowest BCUT2D eigenvalue weighted by Gasteiger charge is -2.49. The Morgan fingerprint density at radius 1 is 0.667 bits per heavy atom. The molecular formula is C22H39NO16. The normalized spacial score (nSPS) is 47.1. The molecule has 0 aromatic heterocycles. The molecule has 17 heteroatoms. The number of ether oxygens (including phenoxy) is 7. The molecule has 3 fully saturated rings. The molecule has 0 radical (unpaired) electrons. The standard InChI is InChI=1S/C22H39NO16/c1-7(27)23-11-17(39-22-15(31)18(33-2)13(29)9(5-25)37-22)12(28)8(4-24)36-21(11)38-16-10(6-26)35-20(32)14(30)19(16)34-3/h8-22,24-26,28-32H,4-6H2,1-3H3,(H,23,27)/t8-,9-,10-,11-,12+,13+,14-,15-,16+,17-,18+,19-,20-,21+,22+/m1/s1. The van der Waals surface area contributed by atoms with Crippen LogP contribution in [0, 0.1) is 0 Å². The molecule has 15 atom stereocenters. The van der Waals surface area contributed by atoms with Gasteiger partial charge in [-0.1, -0.05) is 0 Å². The highest BCUT2D eigenvalue weighted by molar-refractivity contribution is 5.73. The number of carbonyl (C=O) groups excluding carboxylic acids is 1. The van der Waals surface area contributed by atoms with Gasteiger partial charge in [0.2, 0.25) is 5.91 Å². The Bertz CT molecular complexity index is 778. The van der Waals surface area contributed by atoms with Crippen LogP contribution in [0.25, 0.3) is 0 Å². The van der Waals surface area contributed by atoms with Crippen LogP contribution in [-0.2, 0) is 38.0 Å². The predicted molar refractivity (Wildman–Crippen MR) is 122 cm³/mol. The van der Waals surface area contributed by atoms with Gasteiger partial charge in [0.25, 0.3) is 0 Å². The van der Waals surface area contributed by atoms with Crippen LogP contribution in [0.1, 0.15) is 6.92 Å². The fourth-order valence-corrected chi connectivity index (χ4v) is 4.98. The van der Waals surface area contributed by atoms with Gasteiger partial charge in [-0.15, -0.1) is 0 Å². The molecule has 0 aromatic carbocycles. The smallest absolute Gasteiger partial charge is 0.217 e. The van der Waals surface area contributed by atoms with E-state index in [2.05, 4.69) is 5.32 Å². The minimum Gasteiger partial charge on any atom is -0.394 e. The summed E-state index contributed by atoms with van der Waals surface area (Å²) in [4.78, 5) is 12.1. The van der Waals surface area contributed by atoms with Crippen LogP contribution in [0.15, 0.2) is 0 Å². The summed E-state index contributed by atoms with van der Waals surface area (Å²) in [6.45, 7) is -0.938. The van der Waals surface area contributed by atoms with Gasteiger partial charge < -0.3 is 79.3 Å². The Hall–Kier alpha value is -1.13. The molecule has 0 saturated carbocycles. The second kappa shape index (κ2) is 14.2. The monoisotopic (exact) mass is 573 g/mol. The SMILES string of the molecule is CO[C@H]1[C@@H](O)[C@@H](CO)O[C@@H](O[C@H]2[C@@H](O)[C@@H](CO)O[C@@H](O[C@@H]3[C@H](OC)[C@@H](O)[C@H](O)O[C@@H]3CO)[C@@H]2NC(C)=O)[C@@H]1O. The summed E-state index contributed by atoms with van der Waals surface area (Å²) < 4.78 is 38.6. The summed E-state index contributed by atoms with van der Waals surface area (Å²) in [6, 6.07) is -1.36. The molecule has 0 bridgehead atoms. The lowest BCUT2D eigenvalue weighted by atomic mass is 9.94. The fourth-order valence-electron chi connectivity index (χ4n) is 4.98. The summed E-state index contributed by atoms with van der Waals surface area (Å²) >= 11 is 0. The molecule has 39 heavy (non-hydrogen) atoms. The first-order chi connectivity index (χ1) is 18.5. The molecule has 0 aromatic rings. The second-order valence-corrected chi connectivity index (χ2v) is 9.49. The largest absolute Gasteiger partial charge is 0.394 e. The van der Waals surface area contributed by atoms with E-state index >= 15 is 0 Å². The van der Waals surface area contributed by atoms with E-state index in [0.29, 0.717) is 0 Å². The van der Waals surface area contributed by atoms with Crippen LogP contribution in [0.5, 0.6) is 0 Å². The van der Waals surface area contributed by atoms with Crippen LogP contribution in [-0.4, -0.2) is 173 Å². The average molecular weight is 574 g/mol. The van der Waals surface area contributed by atoms with E-state index in [0.717, 1.165) is 6.92 Å². The summed E-state index contributed by atoms with van der Waals surface area (Å²) in [5, 5.41) is 84.1. The first-order valence-corrected chi connectivity index (χ1v) is 12.4. The minimum absolute atomic E-state index is 0.624. The molecule has 0 spiro atoms. The zero-order valence-corrected chi connectivity index (χ0v) is 21.6. The number of hydrogen-bond donors (Lipinski definition) is 9. The van der Waals surface area contributed by atoms with E-state index in [1.165, 1.54) is 14.2 Å². The van der Waals surface area contributed by atoms with Crippen molar-refractivity contribution in [2.45, 2.75) is 99.0 Å². The number of aliphatic hydroxyl groups is 8. The van der Waals surface area contributed by atoms with Gasteiger partial charge >= 0.3 is 0 Å². The highest BCUT2D eigenvalue weighted by Crippen LogP contribution is 2.33. The number of carbonyl (C=O) groups is 1. The molecule has 228 valence electrons. The Labute approximate surface area is 223 Å². The number of amides is 1. The van der Waals surface area contributed by atoms with Crippen molar-refractivity contribution in [3.05, 3.63) is 0 Å². The topological polar surface area (TPSA) is 256 Å². The maximum atomic E-state index is 12.1. The van der Waals surface area contributed by atoms with E-state index in [4.69, 9.17) is 33.2 Å². The molecule has 3 aliphatic rings. The van der Waals surface area contributed by atoms with Gasteiger partial charge in [-0.05, 0) is 0 Å². The molecule has 3 rings (SSSR count). The number of rotatable bonds is 10. The maximum Gasteiger partial charge on any atom is 0.217 e. The Morgan fingerprint density at radius 3 is 1.69 bits per heavy atom. The van der Waals surface area contributed by atoms with Gasteiger partial charge in [-0.25, -0.2) is 0 Å². The van der Waals surface area contributed by atoms with Crippen LogP contribution < -0.4 is 5.32 Å². The van der Waals surface area contributed by atoms with Crippen LogP contribution >= 0.6 is 0 Å². The first kappa shape index (κ1) is 32.4. The molecule has 3 saturated heterocycles. The summed E-state index contributed by atoms with van der Waals surface area (Å²) in [5.74, 6) is -0.624. The fraction of sp³-hybridized carbons (Fsp3) is 0.955. The van der Waals surface area contributed by atoms with Crippen molar-refractivity contribution in [1.29, 1.82) is 0 Å². The van der Waals surface area contributed by atoms with Crippen molar-refractivity contribution in [2.75, 3.05) is 34.0 Å². The van der Waals surface area contributed by atoms with Crippen molar-refractivity contribution >= 4 is 5.91 Å². The van der Waals surface area contributed by atoms with Gasteiger partial charge in [-0.3, -0.25) is 4.79 Å². The summed E-state index contributed by atoms with van der Waals surface area (Å²) in [7, 11) is 2.43. The van der Waals surface area contributed by atoms with Crippen molar-refractivity contribution in [2.24, 2.45) is 0 Å². The average Bonchev–Trinajstić information content (AvgIpc) is 2.90. The molecule has 1 amide bonds. The molecule has 0 unspecified atom stereocenters. The van der Waals surface area contributed by atoms with Crippen LogP contribution in [0.3, 0.4) is 0 Å². The molecular weight excluding hydrogens is 534 g/mol. The van der Waals surface area contributed by atoms with Gasteiger partial charge in [0.05, 0.1) is 19.8 Å².